The number of carbonyl (C=O) groups is 2. The summed E-state index contributed by atoms with van der Waals surface area (Å²) in [6.07, 6.45) is 2.55. The number of carboxylic acids is 1. The molecule has 1 amide bonds. The smallest absolute Gasteiger partial charge is 0.308 e. The Bertz CT molecular complexity index is 545. The number of thiazole rings is 1. The molecular weight excluding hydrogens is 278 g/mol. The van der Waals surface area contributed by atoms with E-state index in [0.29, 0.717) is 11.6 Å². The molecule has 6 nitrogen and oxygen atoms in total. The first-order valence-corrected chi connectivity index (χ1v) is 7.63. The molecule has 20 heavy (non-hydrogen) atoms. The van der Waals surface area contributed by atoms with Gasteiger partial charge in [0.05, 0.1) is 18.2 Å². The molecule has 0 spiro atoms. The Morgan fingerprint density at radius 1 is 1.55 bits per heavy atom. The number of amides is 1. The first kappa shape index (κ1) is 13.5. The summed E-state index contributed by atoms with van der Waals surface area (Å²) in [5.41, 5.74) is 0.887. The van der Waals surface area contributed by atoms with Crippen molar-refractivity contribution >= 4 is 28.3 Å². The van der Waals surface area contributed by atoms with Crippen molar-refractivity contribution in [3.05, 3.63) is 11.1 Å². The fourth-order valence-corrected chi connectivity index (χ4v) is 4.05. The molecule has 0 radical (unpaired) electrons. The number of carboxylic acid groups (broad SMARTS) is 1. The predicted molar refractivity (Wildman–Crippen MR) is 74.7 cm³/mol. The number of hydrogen-bond donors (Lipinski definition) is 2. The zero-order valence-electron chi connectivity index (χ0n) is 11.2. The number of fused-ring (bicyclic) bond motifs is 2. The topological polar surface area (TPSA) is 82.5 Å². The maximum atomic E-state index is 12.0. The fourth-order valence-electron chi connectivity index (χ4n) is 3.35. The van der Waals surface area contributed by atoms with Gasteiger partial charge in [0.25, 0.3) is 0 Å². The van der Waals surface area contributed by atoms with Crippen molar-refractivity contribution in [2.75, 3.05) is 11.9 Å². The van der Waals surface area contributed by atoms with Gasteiger partial charge in [0.15, 0.2) is 5.13 Å². The Labute approximate surface area is 120 Å². The van der Waals surface area contributed by atoms with Gasteiger partial charge < -0.3 is 10.4 Å². The van der Waals surface area contributed by atoms with Gasteiger partial charge in [-0.2, -0.15) is 0 Å². The number of aromatic nitrogens is 1. The zero-order chi connectivity index (χ0) is 14.3. The summed E-state index contributed by atoms with van der Waals surface area (Å²) >= 11 is 1.40. The third kappa shape index (κ3) is 2.43. The number of aryl methyl sites for hydroxylation is 1. The van der Waals surface area contributed by atoms with Crippen molar-refractivity contribution in [2.24, 2.45) is 5.92 Å². The van der Waals surface area contributed by atoms with Crippen molar-refractivity contribution in [3.8, 4) is 0 Å². The van der Waals surface area contributed by atoms with E-state index in [0.717, 1.165) is 18.5 Å². The van der Waals surface area contributed by atoms with Crippen LogP contribution in [0, 0.1) is 12.8 Å². The summed E-state index contributed by atoms with van der Waals surface area (Å²) in [5, 5.41) is 14.5. The first-order valence-electron chi connectivity index (χ1n) is 6.75. The molecule has 1 aromatic heterocycles. The lowest BCUT2D eigenvalue weighted by molar-refractivity contribution is -0.142. The van der Waals surface area contributed by atoms with Crippen molar-refractivity contribution in [3.63, 3.8) is 0 Å². The number of nitrogens with one attached hydrogen (secondary N) is 1. The van der Waals surface area contributed by atoms with Crippen LogP contribution in [0.15, 0.2) is 5.38 Å². The Kier molecular flexibility index (Phi) is 3.47. The molecule has 1 aromatic rings. The first-order chi connectivity index (χ1) is 9.54. The monoisotopic (exact) mass is 295 g/mol. The SMILES string of the molecule is Cc1csc(NC(=O)CN2C3CCC2C(C(=O)O)C3)n1. The second-order valence-electron chi connectivity index (χ2n) is 5.49. The number of aliphatic carboxylic acids is 1. The van der Waals surface area contributed by atoms with Crippen LogP contribution in [-0.2, 0) is 9.59 Å². The minimum Gasteiger partial charge on any atom is -0.481 e. The quantitative estimate of drug-likeness (QED) is 0.875. The van der Waals surface area contributed by atoms with Gasteiger partial charge in [-0.1, -0.05) is 0 Å². The van der Waals surface area contributed by atoms with Gasteiger partial charge in [0.1, 0.15) is 0 Å². The highest BCUT2D eigenvalue weighted by molar-refractivity contribution is 7.13. The van der Waals surface area contributed by atoms with Crippen molar-refractivity contribution in [1.29, 1.82) is 0 Å². The van der Waals surface area contributed by atoms with Gasteiger partial charge >= 0.3 is 5.97 Å². The fraction of sp³-hybridized carbons (Fsp3) is 0.615. The molecule has 7 heteroatoms. The molecule has 3 unspecified atom stereocenters. The summed E-state index contributed by atoms with van der Waals surface area (Å²) in [5.74, 6) is -1.16. The van der Waals surface area contributed by atoms with Crippen LogP contribution in [0.3, 0.4) is 0 Å². The minimum absolute atomic E-state index is 0.0151. The van der Waals surface area contributed by atoms with E-state index in [4.69, 9.17) is 0 Å². The van der Waals surface area contributed by atoms with E-state index in [1.54, 1.807) is 0 Å². The van der Waals surface area contributed by atoms with Gasteiger partial charge in [-0.15, -0.1) is 11.3 Å². The van der Waals surface area contributed by atoms with E-state index in [-0.39, 0.29) is 30.5 Å². The van der Waals surface area contributed by atoms with Crippen LogP contribution in [0.5, 0.6) is 0 Å². The molecule has 2 aliphatic rings. The molecule has 0 aliphatic carbocycles. The van der Waals surface area contributed by atoms with Crippen LogP contribution < -0.4 is 5.32 Å². The van der Waals surface area contributed by atoms with E-state index >= 15 is 0 Å². The molecule has 2 aliphatic heterocycles. The Morgan fingerprint density at radius 2 is 2.35 bits per heavy atom. The standard InChI is InChI=1S/C13H17N3O3S/c1-7-6-20-13(14-7)15-11(17)5-16-8-2-3-10(16)9(4-8)12(18)19/h6,8-10H,2-5H2,1H3,(H,18,19)(H,14,15,17). The highest BCUT2D eigenvalue weighted by Crippen LogP contribution is 2.41. The molecule has 3 atom stereocenters. The molecule has 2 saturated heterocycles. The van der Waals surface area contributed by atoms with E-state index in [1.165, 1.54) is 11.3 Å². The number of carbonyl (C=O) groups excluding carboxylic acids is 1. The summed E-state index contributed by atoms with van der Waals surface area (Å²) in [6.45, 7) is 2.14. The lowest BCUT2D eigenvalue weighted by Crippen LogP contribution is -2.38. The highest BCUT2D eigenvalue weighted by atomic mass is 32.1. The van der Waals surface area contributed by atoms with Gasteiger partial charge in [0.2, 0.25) is 5.91 Å². The van der Waals surface area contributed by atoms with Gasteiger partial charge in [-0.05, 0) is 26.2 Å². The second-order valence-corrected chi connectivity index (χ2v) is 6.35. The van der Waals surface area contributed by atoms with Gasteiger partial charge in [-0.25, -0.2) is 4.98 Å². The molecule has 0 saturated carbocycles. The summed E-state index contributed by atoms with van der Waals surface area (Å²) in [6, 6.07) is 0.256. The van der Waals surface area contributed by atoms with Crippen LogP contribution >= 0.6 is 11.3 Å². The van der Waals surface area contributed by atoms with Crippen molar-refractivity contribution in [1.82, 2.24) is 9.88 Å². The maximum Gasteiger partial charge on any atom is 0.308 e. The summed E-state index contributed by atoms with van der Waals surface area (Å²) < 4.78 is 0. The summed E-state index contributed by atoms with van der Waals surface area (Å²) in [7, 11) is 0. The normalized spacial score (nSPS) is 28.8. The molecule has 3 heterocycles. The largest absolute Gasteiger partial charge is 0.481 e. The van der Waals surface area contributed by atoms with Gasteiger partial charge in [-0.3, -0.25) is 14.5 Å². The minimum atomic E-state index is -0.738. The van der Waals surface area contributed by atoms with Crippen LogP contribution in [0.1, 0.15) is 25.0 Å². The average molecular weight is 295 g/mol. The molecular formula is C13H17N3O3S. The number of rotatable bonds is 4. The van der Waals surface area contributed by atoms with Crippen LogP contribution in [0.2, 0.25) is 0 Å². The molecule has 108 valence electrons. The number of anilines is 1. The van der Waals surface area contributed by atoms with Crippen LogP contribution in [-0.4, -0.2) is 45.5 Å². The second kappa shape index (κ2) is 5.14. The number of nitrogens with zero attached hydrogens (tertiary/aromatic N) is 2. The average Bonchev–Trinajstić information content (AvgIpc) is 3.05. The highest BCUT2D eigenvalue weighted by Gasteiger charge is 2.49. The van der Waals surface area contributed by atoms with E-state index in [9.17, 15) is 14.7 Å². The van der Waals surface area contributed by atoms with E-state index < -0.39 is 5.97 Å². The van der Waals surface area contributed by atoms with Crippen molar-refractivity contribution in [2.45, 2.75) is 38.3 Å². The Hall–Kier alpha value is -1.47. The molecule has 0 aromatic carbocycles. The third-order valence-corrected chi connectivity index (χ3v) is 5.07. The lowest BCUT2D eigenvalue weighted by atomic mass is 9.89. The Balaban J connectivity index is 1.61. The van der Waals surface area contributed by atoms with Crippen molar-refractivity contribution < 1.29 is 14.7 Å². The summed E-state index contributed by atoms with van der Waals surface area (Å²) in [4.78, 5) is 29.5. The van der Waals surface area contributed by atoms with Gasteiger partial charge in [0, 0.05) is 17.5 Å². The maximum absolute atomic E-state index is 12.0. The van der Waals surface area contributed by atoms with Crippen LogP contribution in [0.25, 0.3) is 0 Å². The van der Waals surface area contributed by atoms with E-state index in [2.05, 4.69) is 15.2 Å². The van der Waals surface area contributed by atoms with E-state index in [1.807, 2.05) is 12.3 Å². The Morgan fingerprint density at radius 3 is 2.95 bits per heavy atom. The lowest BCUT2D eigenvalue weighted by Gasteiger charge is -2.21. The molecule has 2 N–H and O–H groups in total. The molecule has 2 bridgehead atoms. The molecule has 3 rings (SSSR count). The third-order valence-electron chi connectivity index (χ3n) is 4.19. The zero-order valence-corrected chi connectivity index (χ0v) is 12.0. The number of hydrogen-bond acceptors (Lipinski definition) is 5. The molecule has 2 fully saturated rings. The van der Waals surface area contributed by atoms with Crippen LogP contribution in [0.4, 0.5) is 5.13 Å². The predicted octanol–water partition coefficient (Wildman–Crippen LogP) is 1.33.